The van der Waals surface area contributed by atoms with E-state index < -0.39 is 88.7 Å². The third-order valence-electron chi connectivity index (χ3n) is 11.8. The molecule has 0 aromatic heterocycles. The van der Waals surface area contributed by atoms with Crippen LogP contribution >= 0.6 is 0 Å². The first-order valence-corrected chi connectivity index (χ1v) is 17.4. The number of likely N-dealkylation sites (N-methyl/N-ethyl adjacent to an activating group) is 1. The predicted molar refractivity (Wildman–Crippen MR) is 177 cm³/mol. The summed E-state index contributed by atoms with van der Waals surface area (Å²) in [4.78, 5) is 60.2. The van der Waals surface area contributed by atoms with Crippen LogP contribution in [0.3, 0.4) is 0 Å². The predicted octanol–water partition coefficient (Wildman–Crippen LogP) is 2.78. The number of hydrogen-bond acceptors (Lipinski definition) is 12. The van der Waals surface area contributed by atoms with Crippen LogP contribution in [-0.2, 0) is 42.9 Å². The molecule has 14 atom stereocenters. The van der Waals surface area contributed by atoms with Crippen LogP contribution in [0.2, 0.25) is 0 Å². The van der Waals surface area contributed by atoms with Gasteiger partial charge in [0.1, 0.15) is 30.0 Å². The SMILES string of the molecule is C=CCN1CC2(C)C(=O)[C@H](C)C[C@](C)(OC)[C@H](O[C@@H]3O[C@H](C)C[C@H](N(C)C)[C@H]3O)[C@@H](C)C(=O)[C@@H](C)C(=O)O[C@H](CC)[C@@]3(C)OC(=O)C1C23. The number of Topliss-reactive ketones (excluding diaryl/α,β-unsaturated/α-hetero) is 2. The van der Waals surface area contributed by atoms with E-state index >= 15 is 0 Å². The van der Waals surface area contributed by atoms with Gasteiger partial charge in [-0.25, -0.2) is 0 Å². The Morgan fingerprint density at radius 2 is 1.73 bits per heavy atom. The zero-order chi connectivity index (χ0) is 36.1. The molecule has 4 rings (SSSR count). The van der Waals surface area contributed by atoms with Crippen molar-refractivity contribution in [3.63, 3.8) is 0 Å². The molecule has 0 bridgehead atoms. The Morgan fingerprint density at radius 1 is 1.08 bits per heavy atom. The summed E-state index contributed by atoms with van der Waals surface area (Å²) in [5, 5.41) is 11.4. The molecule has 48 heavy (non-hydrogen) atoms. The van der Waals surface area contributed by atoms with Crippen LogP contribution in [0.1, 0.15) is 74.7 Å². The standard InChI is InChI=1S/C36H58N2O10/c1-13-15-38-18-34(7)28-25(38)32(43)48-36(28,9)24(14-2)46-31(42)22(6)26(39)21(5)30(35(8,44-12)17-19(3)29(34)41)47-33-27(40)23(37(10)11)16-20(4)45-33/h13,19-25,27-28,30,33,40H,1,14-18H2,2-12H3/t19-,20-,21+,22-,23+,24-,25?,27-,28?,30-,33+,34?,35+,36-/m1/s1. The molecule has 0 aliphatic carbocycles. The number of likely N-dealkylation sites (tertiary alicyclic amines) is 1. The van der Waals surface area contributed by atoms with Crippen LogP contribution in [0.25, 0.3) is 0 Å². The molecular weight excluding hydrogens is 620 g/mol. The molecule has 1 N–H and O–H groups in total. The molecule has 272 valence electrons. The van der Waals surface area contributed by atoms with Gasteiger partial charge in [-0.05, 0) is 61.1 Å². The lowest BCUT2D eigenvalue weighted by Crippen LogP contribution is -2.60. The van der Waals surface area contributed by atoms with E-state index in [0.29, 0.717) is 19.4 Å². The summed E-state index contributed by atoms with van der Waals surface area (Å²) >= 11 is 0. The number of rotatable bonds is 7. The molecule has 4 aliphatic heterocycles. The van der Waals surface area contributed by atoms with Gasteiger partial charge in [0.15, 0.2) is 17.7 Å². The van der Waals surface area contributed by atoms with Gasteiger partial charge >= 0.3 is 11.9 Å². The van der Waals surface area contributed by atoms with Crippen LogP contribution in [0.5, 0.6) is 0 Å². The van der Waals surface area contributed by atoms with Gasteiger partial charge in [-0.1, -0.05) is 33.8 Å². The third-order valence-corrected chi connectivity index (χ3v) is 11.8. The first-order valence-electron chi connectivity index (χ1n) is 17.4. The fourth-order valence-corrected chi connectivity index (χ4v) is 9.27. The monoisotopic (exact) mass is 678 g/mol. The molecule has 4 saturated heterocycles. The first kappa shape index (κ1) is 38.6. The number of methoxy groups -OCH3 is 1. The van der Waals surface area contributed by atoms with E-state index in [9.17, 15) is 24.3 Å². The third kappa shape index (κ3) is 6.53. The number of hydrogen-bond donors (Lipinski definition) is 1. The van der Waals surface area contributed by atoms with Crippen LogP contribution in [0.4, 0.5) is 0 Å². The Hall–Kier alpha value is -2.22. The highest BCUT2D eigenvalue weighted by atomic mass is 16.7. The summed E-state index contributed by atoms with van der Waals surface area (Å²) < 4.78 is 31.0. The summed E-state index contributed by atoms with van der Waals surface area (Å²) in [6, 6.07) is -1.01. The van der Waals surface area contributed by atoms with Gasteiger partial charge in [0, 0.05) is 49.4 Å². The molecule has 12 nitrogen and oxygen atoms in total. The quantitative estimate of drug-likeness (QED) is 0.241. The number of carbonyl (C=O) groups excluding carboxylic acids is 4. The van der Waals surface area contributed by atoms with Crippen molar-refractivity contribution in [1.82, 2.24) is 9.80 Å². The van der Waals surface area contributed by atoms with Crippen LogP contribution in [0, 0.1) is 29.1 Å². The molecule has 0 spiro atoms. The van der Waals surface area contributed by atoms with Gasteiger partial charge in [-0.15, -0.1) is 6.58 Å². The van der Waals surface area contributed by atoms with Crippen molar-refractivity contribution in [1.29, 1.82) is 0 Å². The second kappa shape index (κ2) is 14.2. The summed E-state index contributed by atoms with van der Waals surface area (Å²) in [5.41, 5.74) is -3.65. The lowest BCUT2D eigenvalue weighted by Gasteiger charge is -2.47. The molecule has 0 radical (unpaired) electrons. The Bertz CT molecular complexity index is 1260. The minimum atomic E-state index is -1.32. The molecule has 3 unspecified atom stereocenters. The van der Waals surface area contributed by atoms with E-state index in [1.807, 2.05) is 51.6 Å². The normalized spacial score (nSPS) is 46.2. The number of nitrogens with zero attached hydrogens (tertiary/aromatic N) is 2. The summed E-state index contributed by atoms with van der Waals surface area (Å²) in [6.45, 7) is 18.6. The van der Waals surface area contributed by atoms with Crippen LogP contribution in [0.15, 0.2) is 12.7 Å². The van der Waals surface area contributed by atoms with Crippen molar-refractivity contribution < 1.29 is 48.0 Å². The highest BCUT2D eigenvalue weighted by Gasteiger charge is 2.71. The fourth-order valence-electron chi connectivity index (χ4n) is 9.27. The Labute approximate surface area is 285 Å². The lowest BCUT2D eigenvalue weighted by atomic mass is 9.62. The molecule has 4 heterocycles. The van der Waals surface area contributed by atoms with Crippen LogP contribution in [-0.4, -0.2) is 127 Å². The van der Waals surface area contributed by atoms with Crippen molar-refractivity contribution >= 4 is 23.5 Å². The molecule has 0 saturated carbocycles. The number of aliphatic hydroxyl groups is 1. The molecule has 0 aromatic carbocycles. The smallest absolute Gasteiger partial charge is 0.324 e. The molecular formula is C36H58N2O10. The highest BCUT2D eigenvalue weighted by molar-refractivity contribution is 6.00. The van der Waals surface area contributed by atoms with Crippen molar-refractivity contribution in [2.24, 2.45) is 29.1 Å². The second-order valence-corrected chi connectivity index (χ2v) is 15.5. The number of esters is 2. The topological polar surface area (TPSA) is 141 Å². The molecule has 12 heteroatoms. The van der Waals surface area contributed by atoms with E-state index in [1.54, 1.807) is 26.8 Å². The number of cyclic esters (lactones) is 1. The van der Waals surface area contributed by atoms with Crippen LogP contribution < -0.4 is 0 Å². The van der Waals surface area contributed by atoms with E-state index in [1.165, 1.54) is 14.0 Å². The number of carbonyl (C=O) groups is 4. The Morgan fingerprint density at radius 3 is 2.29 bits per heavy atom. The lowest BCUT2D eigenvalue weighted by molar-refractivity contribution is -0.295. The van der Waals surface area contributed by atoms with Gasteiger partial charge in [0.05, 0.1) is 17.8 Å². The minimum absolute atomic E-state index is 0.101. The van der Waals surface area contributed by atoms with Gasteiger partial charge in [-0.3, -0.25) is 24.1 Å². The van der Waals surface area contributed by atoms with Crippen molar-refractivity contribution in [2.45, 2.75) is 129 Å². The van der Waals surface area contributed by atoms with E-state index in [-0.39, 0.29) is 30.9 Å². The van der Waals surface area contributed by atoms with Crippen molar-refractivity contribution in [3.8, 4) is 0 Å². The Balaban J connectivity index is 1.84. The second-order valence-electron chi connectivity index (χ2n) is 15.5. The largest absolute Gasteiger partial charge is 0.458 e. The number of ketones is 2. The summed E-state index contributed by atoms with van der Waals surface area (Å²) in [7, 11) is 5.25. The zero-order valence-electron chi connectivity index (χ0n) is 30.7. The average molecular weight is 679 g/mol. The molecule has 4 aliphatic rings. The van der Waals surface area contributed by atoms with Gasteiger partial charge in [0.2, 0.25) is 0 Å². The van der Waals surface area contributed by atoms with Crippen molar-refractivity contribution in [2.75, 3.05) is 34.3 Å². The average Bonchev–Trinajstić information content (AvgIpc) is 3.50. The van der Waals surface area contributed by atoms with Crippen molar-refractivity contribution in [3.05, 3.63) is 12.7 Å². The minimum Gasteiger partial charge on any atom is -0.458 e. The summed E-state index contributed by atoms with van der Waals surface area (Å²) in [5.74, 6) is -5.18. The number of ether oxygens (including phenoxy) is 5. The zero-order valence-corrected chi connectivity index (χ0v) is 30.7. The van der Waals surface area contributed by atoms with Gasteiger partial charge in [-0.2, -0.15) is 0 Å². The maximum Gasteiger partial charge on any atom is 0.324 e. The maximum atomic E-state index is 14.8. The van der Waals surface area contributed by atoms with E-state index in [2.05, 4.69) is 6.58 Å². The maximum absolute atomic E-state index is 14.8. The number of aliphatic hydroxyl groups excluding tert-OH is 1. The Kier molecular flexibility index (Phi) is 11.4. The molecule has 4 fully saturated rings. The molecule has 0 amide bonds. The first-order chi connectivity index (χ1) is 22.3. The van der Waals surface area contributed by atoms with E-state index in [4.69, 9.17) is 23.7 Å². The van der Waals surface area contributed by atoms with Gasteiger partial charge in [0.25, 0.3) is 0 Å². The highest BCUT2D eigenvalue weighted by Crippen LogP contribution is 2.56. The fraction of sp³-hybridized carbons (Fsp3) is 0.833. The van der Waals surface area contributed by atoms with E-state index in [0.717, 1.165) is 0 Å². The summed E-state index contributed by atoms with van der Waals surface area (Å²) in [6.07, 6.45) is -1.60. The molecule has 0 aromatic rings. The van der Waals surface area contributed by atoms with Gasteiger partial charge < -0.3 is 33.7 Å².